The number of ether oxygens (including phenoxy) is 2. The van der Waals surface area contributed by atoms with Gasteiger partial charge in [-0.3, -0.25) is 19.2 Å². The topological polar surface area (TPSA) is 201 Å². The van der Waals surface area contributed by atoms with Crippen molar-refractivity contribution in [1.29, 1.82) is 0 Å². The van der Waals surface area contributed by atoms with Crippen molar-refractivity contribution in [3.63, 3.8) is 0 Å². The Morgan fingerprint density at radius 1 is 0.875 bits per heavy atom. The van der Waals surface area contributed by atoms with E-state index < -0.39 is 66.0 Å². The number of carbonyl (C=O) groups excluding carboxylic acids is 5. The Morgan fingerprint density at radius 2 is 1.52 bits per heavy atom. The molecule has 5 N–H and O–H groups in total. The molecule has 0 saturated heterocycles. The highest BCUT2D eigenvalue weighted by Gasteiger charge is 2.34. The molecule has 1 heterocycles. The first-order chi connectivity index (χ1) is 26.4. The molecule has 4 aromatic rings. The number of aromatic hydroxyl groups is 1. The molecule has 0 radical (unpaired) electrons. The van der Waals surface area contributed by atoms with Crippen LogP contribution in [0.1, 0.15) is 55.2 Å². The normalized spacial score (nSPS) is 17.0. The van der Waals surface area contributed by atoms with Gasteiger partial charge in [-0.2, -0.15) is 0 Å². The summed E-state index contributed by atoms with van der Waals surface area (Å²) in [4.78, 5) is 80.1. The molecule has 0 fully saturated rings. The molecular formula is C41H41ClN4O10. The van der Waals surface area contributed by atoms with Gasteiger partial charge in [-0.1, -0.05) is 48.0 Å². The third-order valence-electron chi connectivity index (χ3n) is 8.81. The molecule has 5 rings (SSSR count). The predicted molar refractivity (Wildman–Crippen MR) is 206 cm³/mol. The molecule has 4 bridgehead atoms. The van der Waals surface area contributed by atoms with Gasteiger partial charge in [0.25, 0.3) is 5.91 Å². The van der Waals surface area contributed by atoms with Crippen molar-refractivity contribution in [1.82, 2.24) is 20.9 Å². The number of nitrogens with zero attached hydrogens (tertiary/aromatic N) is 1. The summed E-state index contributed by atoms with van der Waals surface area (Å²) in [6, 6.07) is 18.3. The molecule has 14 nitrogen and oxygen atoms in total. The Kier molecular flexibility index (Phi) is 12.3. The van der Waals surface area contributed by atoms with E-state index in [0.717, 1.165) is 16.0 Å². The average molecular weight is 785 g/mol. The van der Waals surface area contributed by atoms with Gasteiger partial charge in [0.05, 0.1) is 6.54 Å². The monoisotopic (exact) mass is 784 g/mol. The van der Waals surface area contributed by atoms with Crippen LogP contribution in [0.25, 0.3) is 22.3 Å². The van der Waals surface area contributed by atoms with Gasteiger partial charge in [-0.25, -0.2) is 9.59 Å². The van der Waals surface area contributed by atoms with Crippen LogP contribution in [-0.4, -0.2) is 82.1 Å². The molecule has 0 saturated carbocycles. The number of carboxylic acid groups (broad SMARTS) is 1. The number of likely N-dealkylation sites (N-methyl/N-ethyl adjacent to an activating group) is 1. The van der Waals surface area contributed by atoms with Gasteiger partial charge in [-0.15, -0.1) is 0 Å². The number of benzene rings is 4. The van der Waals surface area contributed by atoms with Crippen LogP contribution in [0.2, 0.25) is 5.02 Å². The molecule has 4 aromatic carbocycles. The van der Waals surface area contributed by atoms with Crippen molar-refractivity contribution in [2.75, 3.05) is 13.6 Å². The van der Waals surface area contributed by atoms with E-state index in [1.54, 1.807) is 57.2 Å². The highest BCUT2D eigenvalue weighted by atomic mass is 35.5. The number of carbonyl (C=O) groups is 6. The van der Waals surface area contributed by atoms with E-state index in [9.17, 15) is 39.0 Å². The first-order valence-corrected chi connectivity index (χ1v) is 17.9. The number of nitrogens with one attached hydrogen (secondary N) is 3. The fourth-order valence-corrected chi connectivity index (χ4v) is 6.05. The van der Waals surface area contributed by atoms with E-state index in [1.165, 1.54) is 50.4 Å². The first-order valence-electron chi connectivity index (χ1n) is 17.5. The SMILES string of the molecule is C[C@@H]1NC(=O)C(N(C)C(=O)CNC(=O)c2ccc(-c3ccc(Cl)cc3)cc2)c2ccc(OC(=O)OC(C)(C)C)c(c2)-c2cc(ccc2O)CC(C(=O)O)NC1=O. The van der Waals surface area contributed by atoms with Crippen LogP contribution in [0, 0.1) is 0 Å². The Morgan fingerprint density at radius 3 is 2.14 bits per heavy atom. The second kappa shape index (κ2) is 16.9. The van der Waals surface area contributed by atoms with Gasteiger partial charge in [0, 0.05) is 35.2 Å². The van der Waals surface area contributed by atoms with E-state index in [4.69, 9.17) is 21.1 Å². The molecule has 0 aromatic heterocycles. The maximum Gasteiger partial charge on any atom is 0.514 e. The van der Waals surface area contributed by atoms with Crippen molar-refractivity contribution in [2.45, 2.75) is 57.8 Å². The molecule has 0 spiro atoms. The van der Waals surface area contributed by atoms with Crippen LogP contribution in [0.5, 0.6) is 11.5 Å². The molecular weight excluding hydrogens is 744 g/mol. The van der Waals surface area contributed by atoms with E-state index in [0.29, 0.717) is 10.6 Å². The summed E-state index contributed by atoms with van der Waals surface area (Å²) in [7, 11) is 1.33. The highest BCUT2D eigenvalue weighted by molar-refractivity contribution is 6.30. The van der Waals surface area contributed by atoms with Crippen LogP contribution in [0.3, 0.4) is 0 Å². The van der Waals surface area contributed by atoms with Crippen LogP contribution >= 0.6 is 11.6 Å². The fourth-order valence-electron chi connectivity index (χ4n) is 5.93. The maximum absolute atomic E-state index is 14.0. The maximum atomic E-state index is 14.0. The molecule has 4 amide bonds. The van der Waals surface area contributed by atoms with Crippen molar-refractivity contribution in [3.05, 3.63) is 107 Å². The number of phenolic OH excluding ortho intramolecular Hbond substituents is 1. The number of hydrogen-bond donors (Lipinski definition) is 5. The summed E-state index contributed by atoms with van der Waals surface area (Å²) in [6.07, 6.45) is -1.26. The quantitative estimate of drug-likeness (QED) is 0.122. The van der Waals surface area contributed by atoms with Crippen LogP contribution < -0.4 is 20.7 Å². The van der Waals surface area contributed by atoms with E-state index >= 15 is 0 Å². The first kappa shape index (κ1) is 40.8. The molecule has 15 heteroatoms. The highest BCUT2D eigenvalue weighted by Crippen LogP contribution is 2.40. The summed E-state index contributed by atoms with van der Waals surface area (Å²) in [5, 5.41) is 29.1. The number of halogens is 1. The van der Waals surface area contributed by atoms with Crippen LogP contribution in [0.15, 0.2) is 84.9 Å². The molecule has 0 aliphatic carbocycles. The number of aliphatic carboxylic acids is 1. The third-order valence-corrected chi connectivity index (χ3v) is 9.07. The zero-order valence-electron chi connectivity index (χ0n) is 31.2. The Balaban J connectivity index is 1.49. The minimum absolute atomic E-state index is 0.0820. The Bertz CT molecular complexity index is 2170. The molecule has 1 aliphatic rings. The second-order valence-electron chi connectivity index (χ2n) is 14.2. The van der Waals surface area contributed by atoms with Crippen molar-refractivity contribution in [3.8, 4) is 33.8 Å². The standard InChI is InChI=1S/C41H41ClN4O10/c1-22-36(49)45-31(39(52)53)19-23-6-16-32(47)29(18-23)30-20-27(13-17-33(30)55-40(54)56-41(2,3)4)35(38(51)44-22)46(5)34(48)21-43-37(50)26-9-7-24(8-10-26)25-11-14-28(42)15-12-25/h6-18,20,22,31,35,47H,19,21H2,1-5H3,(H,43,50)(H,44,51)(H,45,49)(H,52,53)/t22-,31?,35?/m0/s1. The average Bonchev–Trinajstić information content (AvgIpc) is 3.13. The van der Waals surface area contributed by atoms with E-state index in [-0.39, 0.29) is 40.2 Å². The molecule has 56 heavy (non-hydrogen) atoms. The van der Waals surface area contributed by atoms with Gasteiger partial charge in [-0.05, 0) is 98.5 Å². The van der Waals surface area contributed by atoms with Gasteiger partial charge in [0.15, 0.2) is 0 Å². The number of fused-ring (bicyclic) bond motifs is 5. The lowest BCUT2D eigenvalue weighted by Gasteiger charge is -2.30. The summed E-state index contributed by atoms with van der Waals surface area (Å²) >= 11 is 5.99. The number of carboxylic acids is 1. The van der Waals surface area contributed by atoms with Gasteiger partial charge < -0.3 is 40.5 Å². The number of hydrogen-bond acceptors (Lipinski definition) is 9. The zero-order valence-corrected chi connectivity index (χ0v) is 32.0. The lowest BCUT2D eigenvalue weighted by molar-refractivity contribution is -0.142. The van der Waals surface area contributed by atoms with Crippen molar-refractivity contribution >= 4 is 47.4 Å². The van der Waals surface area contributed by atoms with Gasteiger partial charge >= 0.3 is 12.1 Å². The molecule has 1 aliphatic heterocycles. The Hall–Kier alpha value is -6.41. The predicted octanol–water partition coefficient (Wildman–Crippen LogP) is 5.25. The molecule has 3 atom stereocenters. The number of rotatable bonds is 7. The number of amides is 4. The minimum Gasteiger partial charge on any atom is -0.507 e. The van der Waals surface area contributed by atoms with Gasteiger partial charge in [0.1, 0.15) is 35.2 Å². The minimum atomic E-state index is -1.45. The van der Waals surface area contributed by atoms with E-state index in [2.05, 4.69) is 16.0 Å². The lowest BCUT2D eigenvalue weighted by atomic mass is 9.94. The summed E-state index contributed by atoms with van der Waals surface area (Å²) < 4.78 is 10.9. The lowest BCUT2D eigenvalue weighted by Crippen LogP contribution is -2.53. The third kappa shape index (κ3) is 10.0. The van der Waals surface area contributed by atoms with Gasteiger partial charge in [0.2, 0.25) is 17.7 Å². The zero-order chi connectivity index (χ0) is 40.9. The van der Waals surface area contributed by atoms with E-state index in [1.807, 2.05) is 12.1 Å². The summed E-state index contributed by atoms with van der Waals surface area (Å²) in [6.45, 7) is 5.77. The van der Waals surface area contributed by atoms with Crippen molar-refractivity contribution < 1.29 is 48.5 Å². The molecule has 2 unspecified atom stereocenters. The van der Waals surface area contributed by atoms with Crippen molar-refractivity contribution in [2.24, 2.45) is 0 Å². The van der Waals surface area contributed by atoms with Crippen LogP contribution in [0.4, 0.5) is 4.79 Å². The van der Waals surface area contributed by atoms with Crippen LogP contribution in [-0.2, 0) is 30.3 Å². The smallest absolute Gasteiger partial charge is 0.507 e. The molecule has 292 valence electrons. The number of phenols is 1. The summed E-state index contributed by atoms with van der Waals surface area (Å²) in [5.74, 6) is -4.60. The Labute approximate surface area is 327 Å². The fraction of sp³-hybridized carbons (Fsp3) is 0.268. The summed E-state index contributed by atoms with van der Waals surface area (Å²) in [5.41, 5.74) is 1.86. The largest absolute Gasteiger partial charge is 0.514 e. The second-order valence-corrected chi connectivity index (χ2v) is 14.6.